The third kappa shape index (κ3) is 3.33. The highest BCUT2D eigenvalue weighted by atomic mass is 32.1. The number of hydrogen-bond acceptors (Lipinski definition) is 4. The zero-order chi connectivity index (χ0) is 10.6. The lowest BCUT2D eigenvalue weighted by molar-refractivity contribution is -0.135. The SMILES string of the molecule is CC(C)CN(CC(=O)O)c1nccs1. The van der Waals surface area contributed by atoms with Gasteiger partial charge in [0, 0.05) is 18.1 Å². The Kier molecular flexibility index (Phi) is 3.88. The van der Waals surface area contributed by atoms with Gasteiger partial charge >= 0.3 is 5.97 Å². The van der Waals surface area contributed by atoms with E-state index in [1.54, 1.807) is 11.1 Å². The minimum Gasteiger partial charge on any atom is -0.480 e. The van der Waals surface area contributed by atoms with E-state index in [1.165, 1.54) is 11.3 Å². The Hall–Kier alpha value is -1.10. The fraction of sp³-hybridized carbons (Fsp3) is 0.556. The molecule has 0 fully saturated rings. The summed E-state index contributed by atoms with van der Waals surface area (Å²) in [6.45, 7) is 4.86. The van der Waals surface area contributed by atoms with Crippen LogP contribution in [0.5, 0.6) is 0 Å². The highest BCUT2D eigenvalue weighted by molar-refractivity contribution is 7.13. The normalized spacial score (nSPS) is 10.5. The number of aromatic nitrogens is 1. The van der Waals surface area contributed by atoms with Gasteiger partial charge in [-0.05, 0) is 5.92 Å². The van der Waals surface area contributed by atoms with Crippen molar-refractivity contribution < 1.29 is 9.90 Å². The van der Waals surface area contributed by atoms with E-state index < -0.39 is 5.97 Å². The summed E-state index contributed by atoms with van der Waals surface area (Å²) in [4.78, 5) is 16.5. The molecule has 14 heavy (non-hydrogen) atoms. The van der Waals surface area contributed by atoms with E-state index in [-0.39, 0.29) is 6.54 Å². The highest BCUT2D eigenvalue weighted by Crippen LogP contribution is 2.18. The van der Waals surface area contributed by atoms with E-state index in [4.69, 9.17) is 5.11 Å². The summed E-state index contributed by atoms with van der Waals surface area (Å²) in [5.41, 5.74) is 0. The largest absolute Gasteiger partial charge is 0.480 e. The fourth-order valence-corrected chi connectivity index (χ4v) is 1.84. The minimum atomic E-state index is -0.819. The molecule has 5 heteroatoms. The molecular formula is C9H14N2O2S. The first kappa shape index (κ1) is 11.0. The van der Waals surface area contributed by atoms with Gasteiger partial charge in [-0.2, -0.15) is 0 Å². The van der Waals surface area contributed by atoms with Crippen molar-refractivity contribution in [1.82, 2.24) is 4.98 Å². The molecule has 0 unspecified atom stereocenters. The topological polar surface area (TPSA) is 53.4 Å². The van der Waals surface area contributed by atoms with Crippen LogP contribution in [-0.4, -0.2) is 29.1 Å². The van der Waals surface area contributed by atoms with E-state index in [2.05, 4.69) is 18.8 Å². The van der Waals surface area contributed by atoms with Gasteiger partial charge in [-0.15, -0.1) is 11.3 Å². The predicted octanol–water partition coefficient (Wildman–Crippen LogP) is 1.69. The molecule has 0 bridgehead atoms. The van der Waals surface area contributed by atoms with Gasteiger partial charge in [0.05, 0.1) is 0 Å². The van der Waals surface area contributed by atoms with Crippen molar-refractivity contribution in [3.63, 3.8) is 0 Å². The number of aliphatic carboxylic acids is 1. The number of carbonyl (C=O) groups is 1. The lowest BCUT2D eigenvalue weighted by Crippen LogP contribution is -2.32. The Balaban J connectivity index is 2.67. The van der Waals surface area contributed by atoms with Crippen molar-refractivity contribution in [1.29, 1.82) is 0 Å². The standard InChI is InChI=1S/C9H14N2O2S/c1-7(2)5-11(6-8(12)13)9-10-3-4-14-9/h3-4,7H,5-6H2,1-2H3,(H,12,13). The average molecular weight is 214 g/mol. The lowest BCUT2D eigenvalue weighted by atomic mass is 10.2. The summed E-state index contributed by atoms with van der Waals surface area (Å²) in [6, 6.07) is 0. The summed E-state index contributed by atoms with van der Waals surface area (Å²) < 4.78 is 0. The summed E-state index contributed by atoms with van der Waals surface area (Å²) in [5, 5.41) is 11.4. The van der Waals surface area contributed by atoms with Gasteiger partial charge in [0.15, 0.2) is 5.13 Å². The molecule has 1 N–H and O–H groups in total. The van der Waals surface area contributed by atoms with Crippen LogP contribution in [0.15, 0.2) is 11.6 Å². The van der Waals surface area contributed by atoms with Gasteiger partial charge in [0.2, 0.25) is 0 Å². The van der Waals surface area contributed by atoms with Gasteiger partial charge in [-0.25, -0.2) is 4.98 Å². The van der Waals surface area contributed by atoms with Gasteiger partial charge in [0.1, 0.15) is 6.54 Å². The van der Waals surface area contributed by atoms with E-state index in [1.807, 2.05) is 5.38 Å². The second-order valence-electron chi connectivity index (χ2n) is 3.48. The molecule has 0 aliphatic carbocycles. The quantitative estimate of drug-likeness (QED) is 0.810. The van der Waals surface area contributed by atoms with Crippen molar-refractivity contribution >= 4 is 22.4 Å². The summed E-state index contributed by atoms with van der Waals surface area (Å²) in [7, 11) is 0. The van der Waals surface area contributed by atoms with Crippen molar-refractivity contribution in [3.05, 3.63) is 11.6 Å². The van der Waals surface area contributed by atoms with Crippen LogP contribution >= 0.6 is 11.3 Å². The molecule has 0 aliphatic rings. The number of rotatable bonds is 5. The Bertz CT molecular complexity index is 285. The van der Waals surface area contributed by atoms with Crippen molar-refractivity contribution in [2.45, 2.75) is 13.8 Å². The molecule has 78 valence electrons. The Labute approximate surface area is 87.2 Å². The molecule has 0 amide bonds. The molecule has 1 aromatic heterocycles. The number of carboxylic acid groups (broad SMARTS) is 1. The summed E-state index contributed by atoms with van der Waals surface area (Å²) in [5.74, 6) is -0.390. The fourth-order valence-electron chi connectivity index (χ4n) is 1.19. The molecule has 0 radical (unpaired) electrons. The maximum atomic E-state index is 10.6. The number of thiazole rings is 1. The maximum absolute atomic E-state index is 10.6. The average Bonchev–Trinajstić information content (AvgIpc) is 2.52. The van der Waals surface area contributed by atoms with E-state index >= 15 is 0 Å². The molecule has 0 saturated carbocycles. The van der Waals surface area contributed by atoms with Crippen LogP contribution in [0, 0.1) is 5.92 Å². The van der Waals surface area contributed by atoms with Crippen molar-refractivity contribution in [2.24, 2.45) is 5.92 Å². The molecule has 0 saturated heterocycles. The van der Waals surface area contributed by atoms with E-state index in [9.17, 15) is 4.79 Å². The highest BCUT2D eigenvalue weighted by Gasteiger charge is 2.13. The first-order chi connectivity index (χ1) is 6.59. The van der Waals surface area contributed by atoms with E-state index in [0.717, 1.165) is 11.7 Å². The van der Waals surface area contributed by atoms with Crippen molar-refractivity contribution in [2.75, 3.05) is 18.0 Å². The molecular weight excluding hydrogens is 200 g/mol. The molecule has 4 nitrogen and oxygen atoms in total. The second kappa shape index (κ2) is 4.95. The molecule has 1 aromatic rings. The van der Waals surface area contributed by atoms with Gasteiger partial charge in [-0.3, -0.25) is 4.79 Å². The third-order valence-electron chi connectivity index (χ3n) is 1.60. The number of hydrogen-bond donors (Lipinski definition) is 1. The molecule has 0 spiro atoms. The van der Waals surface area contributed by atoms with Crippen LogP contribution in [0.2, 0.25) is 0 Å². The zero-order valence-corrected chi connectivity index (χ0v) is 9.12. The van der Waals surface area contributed by atoms with Crippen LogP contribution < -0.4 is 4.90 Å². The number of carboxylic acids is 1. The van der Waals surface area contributed by atoms with Crippen LogP contribution in [0.1, 0.15) is 13.8 Å². The van der Waals surface area contributed by atoms with Gasteiger partial charge in [-0.1, -0.05) is 13.8 Å². The lowest BCUT2D eigenvalue weighted by Gasteiger charge is -2.21. The number of nitrogens with zero attached hydrogens (tertiary/aromatic N) is 2. The predicted molar refractivity (Wildman–Crippen MR) is 56.8 cm³/mol. The zero-order valence-electron chi connectivity index (χ0n) is 8.30. The first-order valence-corrected chi connectivity index (χ1v) is 5.33. The van der Waals surface area contributed by atoms with Crippen LogP contribution in [-0.2, 0) is 4.79 Å². The Morgan fingerprint density at radius 2 is 2.43 bits per heavy atom. The van der Waals surface area contributed by atoms with Crippen LogP contribution in [0.25, 0.3) is 0 Å². The smallest absolute Gasteiger partial charge is 0.323 e. The van der Waals surface area contributed by atoms with Gasteiger partial charge in [0.25, 0.3) is 0 Å². The monoisotopic (exact) mass is 214 g/mol. The Morgan fingerprint density at radius 3 is 2.86 bits per heavy atom. The van der Waals surface area contributed by atoms with E-state index in [0.29, 0.717) is 5.92 Å². The second-order valence-corrected chi connectivity index (χ2v) is 4.36. The molecule has 1 heterocycles. The minimum absolute atomic E-state index is 0.0195. The maximum Gasteiger partial charge on any atom is 0.323 e. The summed E-state index contributed by atoms with van der Waals surface area (Å²) >= 11 is 1.47. The molecule has 0 atom stereocenters. The first-order valence-electron chi connectivity index (χ1n) is 4.46. The van der Waals surface area contributed by atoms with Crippen LogP contribution in [0.4, 0.5) is 5.13 Å². The van der Waals surface area contributed by atoms with Crippen LogP contribution in [0.3, 0.4) is 0 Å². The van der Waals surface area contributed by atoms with Gasteiger partial charge < -0.3 is 10.0 Å². The molecule has 0 aromatic carbocycles. The summed E-state index contributed by atoms with van der Waals surface area (Å²) in [6.07, 6.45) is 1.69. The van der Waals surface area contributed by atoms with Crippen molar-refractivity contribution in [3.8, 4) is 0 Å². The molecule has 1 rings (SSSR count). The molecule has 0 aliphatic heterocycles. The number of anilines is 1. The third-order valence-corrected chi connectivity index (χ3v) is 2.43. The Morgan fingerprint density at radius 1 is 1.71 bits per heavy atom.